The van der Waals surface area contributed by atoms with Gasteiger partial charge in [0.15, 0.2) is 13.6 Å². The van der Waals surface area contributed by atoms with Crippen LogP contribution >= 0.6 is 22.6 Å². The molecule has 1 aliphatic rings. The minimum atomic E-state index is -2.87. The fourth-order valence-electron chi connectivity index (χ4n) is 0.974. The fourth-order valence-corrected chi connectivity index (χ4v) is 3.55. The molecule has 0 aromatic carbocycles. The van der Waals surface area contributed by atoms with E-state index >= 15 is 0 Å². The van der Waals surface area contributed by atoms with Gasteiger partial charge in [0.25, 0.3) is 0 Å². The lowest BCUT2D eigenvalue weighted by Crippen LogP contribution is -2.09. The number of hydrogen-bond acceptors (Lipinski definition) is 3. The van der Waals surface area contributed by atoms with E-state index in [0.717, 1.165) is 0 Å². The second-order valence-corrected chi connectivity index (χ2v) is 5.70. The molecule has 0 amide bonds. The van der Waals surface area contributed by atoms with Crippen LogP contribution in [0.5, 0.6) is 0 Å². The van der Waals surface area contributed by atoms with Gasteiger partial charge in [-0.3, -0.25) is 4.79 Å². The molecule has 0 aliphatic carbocycles. The predicted molar refractivity (Wildman–Crippen MR) is 45.8 cm³/mol. The van der Waals surface area contributed by atoms with Gasteiger partial charge in [0.2, 0.25) is 0 Å². The van der Waals surface area contributed by atoms with Crippen molar-refractivity contribution in [2.24, 2.45) is 5.92 Å². The van der Waals surface area contributed by atoms with E-state index in [1.807, 2.05) is 0 Å². The number of carbonyl (C=O) groups excluding carboxylic acids is 1. The number of hydrogen-bond donors (Lipinski definition) is 0. The first-order valence-electron chi connectivity index (χ1n) is 2.91. The maximum atomic E-state index is 10.8. The van der Waals surface area contributed by atoms with E-state index < -0.39 is 9.84 Å². The van der Waals surface area contributed by atoms with Crippen molar-refractivity contribution in [3.63, 3.8) is 0 Å². The molecule has 5 heteroatoms. The largest absolute Gasteiger partial charge is 0.287 e. The highest BCUT2D eigenvalue weighted by Crippen LogP contribution is 2.21. The van der Waals surface area contributed by atoms with E-state index in [2.05, 4.69) is 0 Å². The smallest absolute Gasteiger partial charge is 0.196 e. The molecule has 1 rings (SSSR count). The van der Waals surface area contributed by atoms with Crippen molar-refractivity contribution < 1.29 is 13.2 Å². The van der Waals surface area contributed by atoms with Crippen LogP contribution in [-0.2, 0) is 14.6 Å². The van der Waals surface area contributed by atoms with Crippen molar-refractivity contribution in [2.45, 2.75) is 6.42 Å². The third-order valence-electron chi connectivity index (χ3n) is 1.55. The first-order chi connectivity index (χ1) is 4.51. The van der Waals surface area contributed by atoms with E-state index in [1.54, 1.807) is 22.6 Å². The van der Waals surface area contributed by atoms with Gasteiger partial charge in [-0.05, 0) is 29.0 Å². The van der Waals surface area contributed by atoms with Crippen LogP contribution < -0.4 is 0 Å². The zero-order valence-corrected chi connectivity index (χ0v) is 8.18. The van der Waals surface area contributed by atoms with Crippen LogP contribution in [0, 0.1) is 5.92 Å². The van der Waals surface area contributed by atoms with Crippen molar-refractivity contribution >= 4 is 36.2 Å². The lowest BCUT2D eigenvalue weighted by atomic mass is 10.2. The Hall–Kier alpha value is 0.350. The zero-order chi connectivity index (χ0) is 7.78. The Morgan fingerprint density at radius 2 is 2.10 bits per heavy atom. The van der Waals surface area contributed by atoms with E-state index in [0.29, 0.717) is 6.42 Å². The number of halogens is 1. The quantitative estimate of drug-likeness (QED) is 0.513. The van der Waals surface area contributed by atoms with Gasteiger partial charge >= 0.3 is 0 Å². The summed E-state index contributed by atoms with van der Waals surface area (Å²) >= 11 is 1.66. The summed E-state index contributed by atoms with van der Waals surface area (Å²) in [6, 6.07) is 0. The Morgan fingerprint density at radius 1 is 1.50 bits per heavy atom. The van der Waals surface area contributed by atoms with Gasteiger partial charge in [-0.25, -0.2) is 8.42 Å². The van der Waals surface area contributed by atoms with Crippen LogP contribution in [0.2, 0.25) is 0 Å². The average Bonchev–Trinajstić information content (AvgIpc) is 2.10. The van der Waals surface area contributed by atoms with Crippen LogP contribution in [0.1, 0.15) is 6.42 Å². The van der Waals surface area contributed by atoms with Crippen molar-refractivity contribution in [3.05, 3.63) is 0 Å². The molecule has 1 fully saturated rings. The molecule has 0 spiro atoms. The Kier molecular flexibility index (Phi) is 2.34. The Morgan fingerprint density at radius 3 is 2.30 bits per heavy atom. The van der Waals surface area contributed by atoms with Crippen molar-refractivity contribution in [1.29, 1.82) is 0 Å². The van der Waals surface area contributed by atoms with E-state index in [9.17, 15) is 13.2 Å². The molecule has 0 bridgehead atoms. The summed E-state index contributed by atoms with van der Waals surface area (Å²) in [5.74, 6) is 0.0202. The highest BCUT2D eigenvalue weighted by atomic mass is 127. The maximum Gasteiger partial charge on any atom is 0.196 e. The van der Waals surface area contributed by atoms with E-state index in [4.69, 9.17) is 0 Å². The molecule has 1 aliphatic heterocycles. The molecule has 0 radical (unpaired) electrons. The van der Waals surface area contributed by atoms with Crippen LogP contribution in [0.4, 0.5) is 0 Å². The molecule has 10 heavy (non-hydrogen) atoms. The first kappa shape index (κ1) is 8.45. The van der Waals surface area contributed by atoms with Crippen molar-refractivity contribution in [3.8, 4) is 0 Å². The molecule has 3 nitrogen and oxygen atoms in total. The highest BCUT2D eigenvalue weighted by molar-refractivity contribution is 14.1. The van der Waals surface area contributed by atoms with Crippen LogP contribution in [0.15, 0.2) is 0 Å². The summed E-state index contributed by atoms with van der Waals surface area (Å²) in [6.07, 6.45) is 0.518. The molecule has 58 valence electrons. The molecule has 0 N–H and O–H groups in total. The first-order valence-corrected chi connectivity index (χ1v) is 5.81. The fraction of sp³-hybridized carbons (Fsp3) is 0.800. The van der Waals surface area contributed by atoms with Gasteiger partial charge in [0.05, 0.1) is 11.5 Å². The molecular formula is C5H7IO3S. The maximum absolute atomic E-state index is 10.8. The van der Waals surface area contributed by atoms with Gasteiger partial charge in [0.1, 0.15) is 0 Å². The third-order valence-corrected chi connectivity index (χ3v) is 4.20. The summed E-state index contributed by atoms with van der Waals surface area (Å²) in [7, 11) is -2.87. The Labute approximate surface area is 73.2 Å². The van der Waals surface area contributed by atoms with Crippen molar-refractivity contribution in [1.82, 2.24) is 0 Å². The normalized spacial score (nSPS) is 30.3. The monoisotopic (exact) mass is 274 g/mol. The van der Waals surface area contributed by atoms with Gasteiger partial charge in [-0.1, -0.05) is 0 Å². The predicted octanol–water partition coefficient (Wildman–Crippen LogP) is 0.383. The molecule has 0 saturated carbocycles. The molecule has 0 aromatic heterocycles. The van der Waals surface area contributed by atoms with Crippen LogP contribution in [0.3, 0.4) is 0 Å². The molecule has 1 heterocycles. The Balaban J connectivity index is 2.69. The summed E-state index contributed by atoms with van der Waals surface area (Å²) in [5, 5.41) is 0. The van der Waals surface area contributed by atoms with Gasteiger partial charge in [0, 0.05) is 5.92 Å². The SMILES string of the molecule is O=C(I)[C@@H]1CCS(=O)(=O)C1. The summed E-state index contributed by atoms with van der Waals surface area (Å²) in [6.45, 7) is 0. The molecule has 0 aromatic rings. The molecule has 1 atom stereocenters. The van der Waals surface area contributed by atoms with Gasteiger partial charge in [-0.2, -0.15) is 0 Å². The lowest BCUT2D eigenvalue weighted by molar-refractivity contribution is -0.112. The number of rotatable bonds is 1. The standard InChI is InChI=1S/C5H7IO3S/c6-5(7)4-1-2-10(8,9)3-4/h4H,1-3H2/t4-/m1/s1. The van der Waals surface area contributed by atoms with Gasteiger partial charge < -0.3 is 0 Å². The Bertz CT molecular complexity index is 244. The number of sulfone groups is 1. The molecular weight excluding hydrogens is 267 g/mol. The summed E-state index contributed by atoms with van der Waals surface area (Å²) in [4.78, 5) is 10.7. The van der Waals surface area contributed by atoms with Gasteiger partial charge in [-0.15, -0.1) is 0 Å². The second-order valence-electron chi connectivity index (χ2n) is 2.40. The molecule has 0 unspecified atom stereocenters. The minimum Gasteiger partial charge on any atom is -0.287 e. The van der Waals surface area contributed by atoms with Crippen LogP contribution in [0.25, 0.3) is 0 Å². The molecule has 1 saturated heterocycles. The van der Waals surface area contributed by atoms with E-state index in [1.165, 1.54) is 0 Å². The zero-order valence-electron chi connectivity index (χ0n) is 5.21. The number of carbonyl (C=O) groups is 1. The van der Waals surface area contributed by atoms with Crippen molar-refractivity contribution in [2.75, 3.05) is 11.5 Å². The van der Waals surface area contributed by atoms with Crippen LogP contribution in [-0.4, -0.2) is 23.7 Å². The van der Waals surface area contributed by atoms with E-state index in [-0.39, 0.29) is 21.2 Å². The average molecular weight is 274 g/mol. The highest BCUT2D eigenvalue weighted by Gasteiger charge is 2.31. The third kappa shape index (κ3) is 1.91. The minimum absolute atomic E-state index is 0.0290. The lowest BCUT2D eigenvalue weighted by Gasteiger charge is -1.96. The topological polar surface area (TPSA) is 51.2 Å². The summed E-state index contributed by atoms with van der Waals surface area (Å²) in [5.41, 5.74) is 0. The second kappa shape index (κ2) is 2.77. The summed E-state index contributed by atoms with van der Waals surface area (Å²) < 4.78 is 21.6.